The third kappa shape index (κ3) is 9.89. The number of hydroxylamine groups is 4. The lowest BCUT2D eigenvalue weighted by molar-refractivity contribution is -0.209. The molecule has 216 valence electrons. The highest BCUT2D eigenvalue weighted by Crippen LogP contribution is 2.29. The molecule has 39 heavy (non-hydrogen) atoms. The second-order valence-electron chi connectivity index (χ2n) is 8.28. The van der Waals surface area contributed by atoms with Crippen molar-refractivity contribution >= 4 is 11.9 Å². The van der Waals surface area contributed by atoms with E-state index in [1.807, 2.05) is 0 Å². The molecule has 5 N–H and O–H groups in total. The van der Waals surface area contributed by atoms with Gasteiger partial charge in [0.05, 0.1) is 47.9 Å². The summed E-state index contributed by atoms with van der Waals surface area (Å²) in [6.45, 7) is 1.15. The van der Waals surface area contributed by atoms with E-state index in [-0.39, 0.29) is 39.3 Å². The molecule has 0 aliphatic rings. The molecule has 0 bridgehead atoms. The number of nitrogens with zero attached hydrogens (tertiary/aromatic N) is 2. The molecule has 0 heterocycles. The van der Waals surface area contributed by atoms with Gasteiger partial charge in [0.25, 0.3) is 0 Å². The van der Waals surface area contributed by atoms with Crippen molar-refractivity contribution in [3.05, 3.63) is 47.5 Å². The number of aliphatic hydroxyl groups excluding tert-OH is 1. The summed E-state index contributed by atoms with van der Waals surface area (Å²) < 4.78 is 21.1. The van der Waals surface area contributed by atoms with Crippen molar-refractivity contribution in [2.45, 2.75) is 25.6 Å². The summed E-state index contributed by atoms with van der Waals surface area (Å²) in [6, 6.07) is 10.5. The maximum Gasteiger partial charge on any atom is 0.354 e. The lowest BCUT2D eigenvalue weighted by Gasteiger charge is -2.23. The predicted molar refractivity (Wildman–Crippen MR) is 141 cm³/mol. The van der Waals surface area contributed by atoms with Gasteiger partial charge in [-0.1, -0.05) is 12.1 Å². The standard InChI is InChI=1S/C26H38N4O9/c1-34-21-7-5-18(13-23(21)36-3)16-29(11-9-27)38-25(32)15-20(31)26(33)39-30(12-10-28)17-19-6-8-22(35-2)24(14-19)37-4/h5-8,13-14,20,31H,9-12,15-17,27-28H2,1-4H3. The third-order valence-corrected chi connectivity index (χ3v) is 5.45. The summed E-state index contributed by atoms with van der Waals surface area (Å²) in [5.41, 5.74) is 12.8. The Morgan fingerprint density at radius 1 is 0.744 bits per heavy atom. The summed E-state index contributed by atoms with van der Waals surface area (Å²) in [5.74, 6) is 0.270. The van der Waals surface area contributed by atoms with Gasteiger partial charge in [0.15, 0.2) is 29.1 Å². The molecule has 2 aromatic carbocycles. The first-order chi connectivity index (χ1) is 18.8. The first-order valence-electron chi connectivity index (χ1n) is 12.2. The molecule has 0 aliphatic heterocycles. The lowest BCUT2D eigenvalue weighted by atomic mass is 10.2. The van der Waals surface area contributed by atoms with Gasteiger partial charge in [-0.25, -0.2) is 4.79 Å². The van der Waals surface area contributed by atoms with Crippen molar-refractivity contribution in [1.29, 1.82) is 0 Å². The van der Waals surface area contributed by atoms with Crippen LogP contribution in [-0.4, -0.2) is 87.9 Å². The zero-order valence-corrected chi connectivity index (χ0v) is 22.8. The minimum Gasteiger partial charge on any atom is -0.493 e. The molecule has 1 atom stereocenters. The van der Waals surface area contributed by atoms with Crippen molar-refractivity contribution in [3.63, 3.8) is 0 Å². The molecule has 1 unspecified atom stereocenters. The number of methoxy groups -OCH3 is 4. The number of rotatable bonds is 17. The van der Waals surface area contributed by atoms with Gasteiger partial charge >= 0.3 is 11.9 Å². The topological polar surface area (TPSA) is 168 Å². The Kier molecular flexibility index (Phi) is 13.3. The Bertz CT molecular complexity index is 1070. The van der Waals surface area contributed by atoms with Gasteiger partial charge in [-0.05, 0) is 35.4 Å². The second kappa shape index (κ2) is 16.4. The first kappa shape index (κ1) is 31.6. The Morgan fingerprint density at radius 3 is 1.59 bits per heavy atom. The van der Waals surface area contributed by atoms with E-state index in [1.165, 1.54) is 38.6 Å². The fourth-order valence-electron chi connectivity index (χ4n) is 3.58. The predicted octanol–water partition coefficient (Wildman–Crippen LogP) is 0.610. The minimum absolute atomic E-state index is 0.163. The zero-order valence-electron chi connectivity index (χ0n) is 22.8. The Balaban J connectivity index is 1.97. The van der Waals surface area contributed by atoms with Gasteiger partial charge in [-0.3, -0.25) is 4.79 Å². The van der Waals surface area contributed by atoms with Crippen LogP contribution in [0.15, 0.2) is 36.4 Å². The lowest BCUT2D eigenvalue weighted by Crippen LogP contribution is -2.38. The van der Waals surface area contributed by atoms with Crippen molar-refractivity contribution in [2.75, 3.05) is 54.6 Å². The Morgan fingerprint density at radius 2 is 1.18 bits per heavy atom. The van der Waals surface area contributed by atoms with Crippen LogP contribution in [-0.2, 0) is 32.4 Å². The number of aliphatic hydroxyl groups is 1. The molecule has 2 rings (SSSR count). The van der Waals surface area contributed by atoms with Gasteiger partial charge in [0.2, 0.25) is 0 Å². The van der Waals surface area contributed by atoms with Gasteiger partial charge in [-0.2, -0.15) is 0 Å². The largest absolute Gasteiger partial charge is 0.493 e. The van der Waals surface area contributed by atoms with Crippen LogP contribution in [0.3, 0.4) is 0 Å². The first-order valence-corrected chi connectivity index (χ1v) is 12.2. The summed E-state index contributed by atoms with van der Waals surface area (Å²) >= 11 is 0. The van der Waals surface area contributed by atoms with Crippen LogP contribution in [0.5, 0.6) is 23.0 Å². The molecule has 0 saturated carbocycles. The van der Waals surface area contributed by atoms with E-state index < -0.39 is 24.5 Å². The fraction of sp³-hybridized carbons (Fsp3) is 0.462. The number of carbonyl (C=O) groups excluding carboxylic acids is 2. The highest BCUT2D eigenvalue weighted by molar-refractivity contribution is 5.81. The molecule has 0 aliphatic carbocycles. The maximum atomic E-state index is 12.5. The van der Waals surface area contributed by atoms with E-state index in [4.69, 9.17) is 40.1 Å². The molecule has 13 nitrogen and oxygen atoms in total. The normalized spacial score (nSPS) is 11.7. The molecule has 0 amide bonds. The van der Waals surface area contributed by atoms with Crippen LogP contribution in [0.4, 0.5) is 0 Å². The highest BCUT2D eigenvalue weighted by Gasteiger charge is 2.26. The highest BCUT2D eigenvalue weighted by atomic mass is 16.7. The molecule has 13 heteroatoms. The van der Waals surface area contributed by atoms with E-state index in [9.17, 15) is 14.7 Å². The quantitative estimate of drug-likeness (QED) is 0.235. The van der Waals surface area contributed by atoms with Crippen LogP contribution in [0, 0.1) is 0 Å². The molecule has 0 aromatic heterocycles. The number of benzene rings is 2. The molecule has 0 saturated heterocycles. The third-order valence-electron chi connectivity index (χ3n) is 5.45. The van der Waals surface area contributed by atoms with Crippen molar-refractivity contribution in [2.24, 2.45) is 11.5 Å². The van der Waals surface area contributed by atoms with Crippen molar-refractivity contribution in [3.8, 4) is 23.0 Å². The van der Waals surface area contributed by atoms with Crippen LogP contribution in [0.1, 0.15) is 17.5 Å². The molecule has 0 radical (unpaired) electrons. The molecule has 0 fully saturated rings. The van der Waals surface area contributed by atoms with Gasteiger partial charge in [0.1, 0.15) is 0 Å². The summed E-state index contributed by atoms with van der Waals surface area (Å²) in [5, 5.41) is 13.0. The van der Waals surface area contributed by atoms with E-state index in [1.54, 1.807) is 36.4 Å². The summed E-state index contributed by atoms with van der Waals surface area (Å²) in [4.78, 5) is 35.7. The number of nitrogens with two attached hydrogens (primary N) is 2. The number of hydrogen-bond acceptors (Lipinski definition) is 13. The summed E-state index contributed by atoms with van der Waals surface area (Å²) in [7, 11) is 6.08. The zero-order chi connectivity index (χ0) is 28.8. The molecule has 2 aromatic rings. The smallest absolute Gasteiger partial charge is 0.354 e. The number of carbonyl (C=O) groups is 2. The van der Waals surface area contributed by atoms with Crippen molar-refractivity contribution < 1.29 is 43.3 Å². The Hall–Kier alpha value is -3.62. The van der Waals surface area contributed by atoms with Gasteiger partial charge in [0, 0.05) is 26.2 Å². The maximum absolute atomic E-state index is 12.5. The van der Waals surface area contributed by atoms with Crippen LogP contribution in [0.25, 0.3) is 0 Å². The van der Waals surface area contributed by atoms with Crippen LogP contribution < -0.4 is 30.4 Å². The average molecular weight is 551 g/mol. The molecular weight excluding hydrogens is 512 g/mol. The van der Waals surface area contributed by atoms with Crippen molar-refractivity contribution in [1.82, 2.24) is 10.1 Å². The fourth-order valence-corrected chi connectivity index (χ4v) is 3.58. The van der Waals surface area contributed by atoms with Gasteiger partial charge < -0.3 is 45.2 Å². The second-order valence-corrected chi connectivity index (χ2v) is 8.28. The molecular formula is C26H38N4O9. The van der Waals surface area contributed by atoms with E-state index >= 15 is 0 Å². The SMILES string of the molecule is COc1ccc(CN(CCN)OC(=O)CC(O)C(=O)ON(CCN)Cc2ccc(OC)c(OC)c2)cc1OC. The minimum atomic E-state index is -1.76. The van der Waals surface area contributed by atoms with E-state index in [0.29, 0.717) is 23.0 Å². The van der Waals surface area contributed by atoms with Crippen LogP contribution >= 0.6 is 0 Å². The van der Waals surface area contributed by atoms with E-state index in [2.05, 4.69) is 0 Å². The molecule has 0 spiro atoms. The monoisotopic (exact) mass is 550 g/mol. The average Bonchev–Trinajstić information content (AvgIpc) is 2.92. The number of ether oxygens (including phenoxy) is 4. The van der Waals surface area contributed by atoms with Crippen LogP contribution in [0.2, 0.25) is 0 Å². The number of hydrogen-bond donors (Lipinski definition) is 3. The van der Waals surface area contributed by atoms with E-state index in [0.717, 1.165) is 11.1 Å². The Labute approximate surface area is 228 Å². The van der Waals surface area contributed by atoms with Gasteiger partial charge in [-0.15, -0.1) is 10.1 Å². The summed E-state index contributed by atoms with van der Waals surface area (Å²) in [6.07, 6.45) is -2.39.